The number of hydrogen-bond donors (Lipinski definition) is 0. The molecule has 2 nitrogen and oxygen atoms in total. The second-order valence-electron chi connectivity index (χ2n) is 1.73. The van der Waals surface area contributed by atoms with E-state index in [9.17, 15) is 0 Å². The highest BCUT2D eigenvalue weighted by atomic mass is 16.7. The molecule has 0 aromatic rings. The average Bonchev–Trinajstić information content (AvgIpc) is 1.85. The van der Waals surface area contributed by atoms with Crippen molar-refractivity contribution in [3.05, 3.63) is 6.61 Å². The van der Waals surface area contributed by atoms with Crippen molar-refractivity contribution in [2.24, 2.45) is 0 Å². The molecule has 9 heavy (non-hydrogen) atoms. The fraction of sp³-hybridized carbons (Fsp3) is 0.857. The maximum atomic E-state index is 5.09. The van der Waals surface area contributed by atoms with Gasteiger partial charge >= 0.3 is 0 Å². The Morgan fingerprint density at radius 3 is 2.56 bits per heavy atom. The maximum absolute atomic E-state index is 5.09. The Morgan fingerprint density at radius 2 is 2.11 bits per heavy atom. The largest absolute Gasteiger partial charge is 0.353 e. The lowest BCUT2D eigenvalue weighted by Gasteiger charge is -2.10. The minimum atomic E-state index is -0.0880. The molecule has 0 rings (SSSR count). The fourth-order valence-electron chi connectivity index (χ4n) is 0.506. The van der Waals surface area contributed by atoms with Gasteiger partial charge in [0.2, 0.25) is 0 Å². The normalized spacial score (nSPS) is 13.7. The number of ether oxygens (including phenoxy) is 2. The molecule has 0 aliphatic heterocycles. The molecule has 1 radical (unpaired) electrons. The highest BCUT2D eigenvalue weighted by Gasteiger charge is 1.97. The summed E-state index contributed by atoms with van der Waals surface area (Å²) in [6.45, 7) is 8.32. The summed E-state index contributed by atoms with van der Waals surface area (Å²) >= 11 is 0. The van der Waals surface area contributed by atoms with Crippen LogP contribution in [-0.4, -0.2) is 12.9 Å². The first-order valence-corrected chi connectivity index (χ1v) is 3.40. The second kappa shape index (κ2) is 6.05. The molecule has 0 aromatic heterocycles. The molecular weight excluding hydrogens is 116 g/mol. The van der Waals surface area contributed by atoms with Crippen LogP contribution in [0.5, 0.6) is 0 Å². The quantitative estimate of drug-likeness (QED) is 0.531. The first kappa shape index (κ1) is 8.92. The molecule has 0 aromatic carbocycles. The summed E-state index contributed by atoms with van der Waals surface area (Å²) in [5.74, 6) is 0. The van der Waals surface area contributed by atoms with Crippen molar-refractivity contribution < 1.29 is 9.47 Å². The van der Waals surface area contributed by atoms with Crippen LogP contribution in [-0.2, 0) is 9.47 Å². The van der Waals surface area contributed by atoms with Crippen LogP contribution >= 0.6 is 0 Å². The Kier molecular flexibility index (Phi) is 5.99. The Labute approximate surface area is 57.2 Å². The van der Waals surface area contributed by atoms with Crippen LogP contribution < -0.4 is 0 Å². The van der Waals surface area contributed by atoms with E-state index in [0.717, 1.165) is 6.42 Å². The van der Waals surface area contributed by atoms with Crippen LogP contribution in [0.1, 0.15) is 27.2 Å². The van der Waals surface area contributed by atoms with E-state index < -0.39 is 0 Å². The zero-order valence-corrected chi connectivity index (χ0v) is 6.39. The highest BCUT2D eigenvalue weighted by molar-refractivity contribution is 4.44. The van der Waals surface area contributed by atoms with Crippen molar-refractivity contribution in [2.75, 3.05) is 6.61 Å². The average molecular weight is 131 g/mol. The Hall–Kier alpha value is -0.0800. The van der Waals surface area contributed by atoms with Gasteiger partial charge in [0.25, 0.3) is 0 Å². The van der Waals surface area contributed by atoms with Gasteiger partial charge in [0.15, 0.2) is 6.29 Å². The number of rotatable bonds is 5. The summed E-state index contributed by atoms with van der Waals surface area (Å²) in [5, 5.41) is 0. The van der Waals surface area contributed by atoms with Crippen molar-refractivity contribution in [2.45, 2.75) is 33.5 Å². The summed E-state index contributed by atoms with van der Waals surface area (Å²) in [7, 11) is 0. The maximum Gasteiger partial charge on any atom is 0.155 e. The Morgan fingerprint density at radius 1 is 1.44 bits per heavy atom. The van der Waals surface area contributed by atoms with Gasteiger partial charge in [-0.2, -0.15) is 0 Å². The summed E-state index contributed by atoms with van der Waals surface area (Å²) < 4.78 is 10.2. The first-order valence-electron chi connectivity index (χ1n) is 3.40. The van der Waals surface area contributed by atoms with E-state index in [1.54, 1.807) is 6.61 Å². The smallest absolute Gasteiger partial charge is 0.155 e. The molecule has 0 fully saturated rings. The minimum absolute atomic E-state index is 0.0880. The monoisotopic (exact) mass is 131 g/mol. The van der Waals surface area contributed by atoms with Gasteiger partial charge in [-0.15, -0.1) is 0 Å². The van der Waals surface area contributed by atoms with Gasteiger partial charge in [-0.25, -0.2) is 0 Å². The van der Waals surface area contributed by atoms with E-state index >= 15 is 0 Å². The Balaban J connectivity index is 2.95. The molecule has 0 bridgehead atoms. The zero-order chi connectivity index (χ0) is 7.11. The van der Waals surface area contributed by atoms with E-state index in [0.29, 0.717) is 6.61 Å². The zero-order valence-electron chi connectivity index (χ0n) is 6.39. The second-order valence-corrected chi connectivity index (χ2v) is 1.73. The topological polar surface area (TPSA) is 18.5 Å². The molecule has 0 N–H and O–H groups in total. The molecule has 1 atom stereocenters. The van der Waals surface area contributed by atoms with Gasteiger partial charge in [-0.05, 0) is 20.3 Å². The SMILES string of the molecule is CC[CH]OC(C)OCC. The molecule has 0 aliphatic rings. The molecule has 55 valence electrons. The van der Waals surface area contributed by atoms with Crippen LogP contribution in [0.25, 0.3) is 0 Å². The van der Waals surface area contributed by atoms with Crippen molar-refractivity contribution in [1.82, 2.24) is 0 Å². The van der Waals surface area contributed by atoms with Crippen molar-refractivity contribution in [3.8, 4) is 0 Å². The van der Waals surface area contributed by atoms with Crippen LogP contribution in [0.4, 0.5) is 0 Å². The van der Waals surface area contributed by atoms with Crippen LogP contribution in [0.15, 0.2) is 0 Å². The standard InChI is InChI=1S/C7H15O2/c1-4-6-9-7(3)8-5-2/h6-7H,4-5H2,1-3H3. The van der Waals surface area contributed by atoms with E-state index in [2.05, 4.69) is 0 Å². The summed E-state index contributed by atoms with van der Waals surface area (Å²) in [6, 6.07) is 0. The van der Waals surface area contributed by atoms with Gasteiger partial charge in [-0.1, -0.05) is 6.92 Å². The lowest BCUT2D eigenvalue weighted by atomic mass is 10.5. The molecule has 0 amide bonds. The highest BCUT2D eigenvalue weighted by Crippen LogP contribution is 1.96. The third-order valence-electron chi connectivity index (χ3n) is 0.856. The van der Waals surface area contributed by atoms with Crippen molar-refractivity contribution >= 4 is 0 Å². The Bertz CT molecular complexity index is 54.9. The van der Waals surface area contributed by atoms with Crippen LogP contribution in [0.3, 0.4) is 0 Å². The molecule has 0 spiro atoms. The molecular formula is C7H15O2. The van der Waals surface area contributed by atoms with E-state index in [4.69, 9.17) is 9.47 Å². The third-order valence-corrected chi connectivity index (χ3v) is 0.856. The molecule has 0 heterocycles. The van der Waals surface area contributed by atoms with Crippen molar-refractivity contribution in [1.29, 1.82) is 0 Å². The summed E-state index contributed by atoms with van der Waals surface area (Å²) in [6.07, 6.45) is 0.840. The minimum Gasteiger partial charge on any atom is -0.353 e. The van der Waals surface area contributed by atoms with Gasteiger partial charge in [0.05, 0.1) is 6.61 Å². The molecule has 0 saturated heterocycles. The van der Waals surface area contributed by atoms with Crippen LogP contribution in [0.2, 0.25) is 0 Å². The van der Waals surface area contributed by atoms with E-state index in [-0.39, 0.29) is 6.29 Å². The van der Waals surface area contributed by atoms with Gasteiger partial charge in [0.1, 0.15) is 0 Å². The van der Waals surface area contributed by atoms with Crippen molar-refractivity contribution in [3.63, 3.8) is 0 Å². The lowest BCUT2D eigenvalue weighted by Crippen LogP contribution is -2.10. The molecule has 1 unspecified atom stereocenters. The first-order chi connectivity index (χ1) is 4.31. The van der Waals surface area contributed by atoms with E-state index in [1.807, 2.05) is 20.8 Å². The van der Waals surface area contributed by atoms with E-state index in [1.165, 1.54) is 0 Å². The molecule has 0 saturated carbocycles. The third kappa shape index (κ3) is 5.80. The summed E-state index contributed by atoms with van der Waals surface area (Å²) in [5.41, 5.74) is 0. The molecule has 2 heteroatoms. The van der Waals surface area contributed by atoms with Gasteiger partial charge < -0.3 is 9.47 Å². The fourth-order valence-corrected chi connectivity index (χ4v) is 0.506. The van der Waals surface area contributed by atoms with Crippen LogP contribution in [0, 0.1) is 6.61 Å². The van der Waals surface area contributed by atoms with Gasteiger partial charge in [0, 0.05) is 6.61 Å². The molecule has 0 aliphatic carbocycles. The predicted octanol–water partition coefficient (Wildman–Crippen LogP) is 1.96. The van der Waals surface area contributed by atoms with Gasteiger partial charge in [-0.3, -0.25) is 0 Å². The summed E-state index contributed by atoms with van der Waals surface area (Å²) in [4.78, 5) is 0. The number of hydrogen-bond acceptors (Lipinski definition) is 2. The predicted molar refractivity (Wildman–Crippen MR) is 36.8 cm³/mol. The lowest BCUT2D eigenvalue weighted by molar-refractivity contribution is -0.105.